The molecule has 0 unspecified atom stereocenters. The summed E-state index contributed by atoms with van der Waals surface area (Å²) in [5.74, 6) is -0.0475. The number of carbonyl (C=O) groups excluding carboxylic acids is 1. The molecule has 0 heterocycles. The van der Waals surface area contributed by atoms with Crippen LogP contribution in [0.4, 0.5) is 0 Å². The molecule has 1 N–H and O–H groups in total. The molecule has 0 rings (SSSR count). The number of hydrogen-bond acceptors (Lipinski definition) is 1. The van der Waals surface area contributed by atoms with Crippen molar-refractivity contribution >= 4 is 5.91 Å². The van der Waals surface area contributed by atoms with Crippen LogP contribution < -0.4 is 5.32 Å². The standard InChI is InChI=1S/C11H19NO/c1-6-9(2)7-8-10(13)12-11(3,4)5/h6-8H,1-5H3,(H,12,13)/b8-7+,9-6-. The largest absolute Gasteiger partial charge is 0.348 e. The van der Waals surface area contributed by atoms with Gasteiger partial charge in [0.2, 0.25) is 5.91 Å². The SMILES string of the molecule is C/C=C(C)\C=C\C(=O)NC(C)(C)C. The van der Waals surface area contributed by atoms with Gasteiger partial charge < -0.3 is 5.32 Å². The zero-order valence-electron chi connectivity index (χ0n) is 9.14. The predicted octanol–water partition coefficient (Wildman–Crippen LogP) is 2.42. The van der Waals surface area contributed by atoms with Crippen molar-refractivity contribution in [1.82, 2.24) is 5.32 Å². The van der Waals surface area contributed by atoms with Crippen LogP contribution in [-0.2, 0) is 4.79 Å². The predicted molar refractivity (Wildman–Crippen MR) is 56.5 cm³/mol. The topological polar surface area (TPSA) is 29.1 Å². The first-order valence-electron chi connectivity index (χ1n) is 4.48. The Labute approximate surface area is 80.7 Å². The van der Waals surface area contributed by atoms with E-state index in [1.54, 1.807) is 12.2 Å². The molecule has 0 bridgehead atoms. The van der Waals surface area contributed by atoms with Crippen molar-refractivity contribution < 1.29 is 4.79 Å². The Hall–Kier alpha value is -1.05. The second kappa shape index (κ2) is 4.85. The molecule has 0 saturated heterocycles. The molecule has 0 saturated carbocycles. The lowest BCUT2D eigenvalue weighted by atomic mass is 10.1. The summed E-state index contributed by atoms with van der Waals surface area (Å²) in [4.78, 5) is 11.3. The van der Waals surface area contributed by atoms with Gasteiger partial charge in [0.25, 0.3) is 0 Å². The molecule has 13 heavy (non-hydrogen) atoms. The minimum Gasteiger partial charge on any atom is -0.348 e. The molecule has 0 aromatic carbocycles. The number of allylic oxidation sites excluding steroid dienone is 3. The highest BCUT2D eigenvalue weighted by Gasteiger charge is 2.10. The van der Waals surface area contributed by atoms with Gasteiger partial charge in [0.15, 0.2) is 0 Å². The van der Waals surface area contributed by atoms with E-state index in [9.17, 15) is 4.79 Å². The second-order valence-electron chi connectivity index (χ2n) is 4.11. The fourth-order valence-electron chi connectivity index (χ4n) is 0.715. The van der Waals surface area contributed by atoms with E-state index in [2.05, 4.69) is 5.32 Å². The van der Waals surface area contributed by atoms with Crippen LogP contribution in [0.3, 0.4) is 0 Å². The number of carbonyl (C=O) groups is 1. The normalized spacial score (nSPS) is 13.5. The first-order valence-corrected chi connectivity index (χ1v) is 4.48. The minimum atomic E-state index is -0.161. The molecule has 0 fully saturated rings. The number of hydrogen-bond donors (Lipinski definition) is 1. The van der Waals surface area contributed by atoms with Crippen molar-refractivity contribution in [3.8, 4) is 0 Å². The van der Waals surface area contributed by atoms with Crippen molar-refractivity contribution in [2.45, 2.75) is 40.2 Å². The number of amides is 1. The van der Waals surface area contributed by atoms with Crippen molar-refractivity contribution in [1.29, 1.82) is 0 Å². The van der Waals surface area contributed by atoms with Gasteiger partial charge in [-0.15, -0.1) is 0 Å². The highest BCUT2D eigenvalue weighted by atomic mass is 16.1. The quantitative estimate of drug-likeness (QED) is 0.514. The van der Waals surface area contributed by atoms with Crippen LogP contribution in [0.2, 0.25) is 0 Å². The van der Waals surface area contributed by atoms with Gasteiger partial charge in [-0.05, 0) is 34.6 Å². The lowest BCUT2D eigenvalue weighted by molar-refractivity contribution is -0.117. The van der Waals surface area contributed by atoms with Crippen molar-refractivity contribution in [3.63, 3.8) is 0 Å². The fourth-order valence-corrected chi connectivity index (χ4v) is 0.715. The summed E-state index contributed by atoms with van der Waals surface area (Å²) in [7, 11) is 0. The van der Waals surface area contributed by atoms with Gasteiger partial charge in [-0.25, -0.2) is 0 Å². The second-order valence-corrected chi connectivity index (χ2v) is 4.11. The van der Waals surface area contributed by atoms with E-state index in [1.807, 2.05) is 40.7 Å². The molecule has 0 aliphatic carbocycles. The van der Waals surface area contributed by atoms with Crippen molar-refractivity contribution in [2.24, 2.45) is 0 Å². The minimum absolute atomic E-state index is 0.0475. The van der Waals surface area contributed by atoms with Crippen LogP contribution in [-0.4, -0.2) is 11.4 Å². The van der Waals surface area contributed by atoms with Crippen LogP contribution >= 0.6 is 0 Å². The van der Waals surface area contributed by atoms with E-state index < -0.39 is 0 Å². The van der Waals surface area contributed by atoms with Gasteiger partial charge >= 0.3 is 0 Å². The van der Waals surface area contributed by atoms with Gasteiger partial charge in [0.05, 0.1) is 0 Å². The monoisotopic (exact) mass is 181 g/mol. The summed E-state index contributed by atoms with van der Waals surface area (Å²) < 4.78 is 0. The molecule has 1 amide bonds. The highest BCUT2D eigenvalue weighted by Crippen LogP contribution is 1.99. The van der Waals surface area contributed by atoms with Gasteiger partial charge in [-0.1, -0.05) is 17.7 Å². The van der Waals surface area contributed by atoms with Crippen molar-refractivity contribution in [3.05, 3.63) is 23.8 Å². The average molecular weight is 181 g/mol. The molecule has 0 spiro atoms. The summed E-state index contributed by atoms with van der Waals surface area (Å²) in [6.07, 6.45) is 5.32. The van der Waals surface area contributed by atoms with E-state index >= 15 is 0 Å². The van der Waals surface area contributed by atoms with E-state index in [1.165, 1.54) is 0 Å². The third-order valence-electron chi connectivity index (χ3n) is 1.45. The molecule has 0 aromatic rings. The summed E-state index contributed by atoms with van der Waals surface area (Å²) in [5.41, 5.74) is 0.926. The maximum absolute atomic E-state index is 11.3. The van der Waals surface area contributed by atoms with E-state index in [-0.39, 0.29) is 11.4 Å². The van der Waals surface area contributed by atoms with Gasteiger partial charge in [0, 0.05) is 11.6 Å². The summed E-state index contributed by atoms with van der Waals surface area (Å²) in [5, 5.41) is 2.85. The van der Waals surface area contributed by atoms with Crippen LogP contribution in [0, 0.1) is 0 Å². The van der Waals surface area contributed by atoms with Crippen LogP contribution in [0.25, 0.3) is 0 Å². The Kier molecular flexibility index (Phi) is 4.46. The fraction of sp³-hybridized carbons (Fsp3) is 0.545. The molecule has 0 aliphatic rings. The maximum Gasteiger partial charge on any atom is 0.244 e. The molecular formula is C11H19NO. The highest BCUT2D eigenvalue weighted by molar-refractivity contribution is 5.88. The average Bonchev–Trinajstić information content (AvgIpc) is 1.97. The van der Waals surface area contributed by atoms with E-state index in [0.29, 0.717) is 0 Å². The molecule has 0 radical (unpaired) electrons. The molecule has 0 atom stereocenters. The Bertz CT molecular complexity index is 231. The van der Waals surface area contributed by atoms with Gasteiger partial charge in [-0.3, -0.25) is 4.79 Å². The van der Waals surface area contributed by atoms with Crippen LogP contribution in [0.1, 0.15) is 34.6 Å². The molecule has 0 aromatic heterocycles. The molecule has 2 nitrogen and oxygen atoms in total. The zero-order valence-corrected chi connectivity index (χ0v) is 9.14. The Balaban J connectivity index is 4.10. The van der Waals surface area contributed by atoms with Gasteiger partial charge in [0.1, 0.15) is 0 Å². The lowest BCUT2D eigenvalue weighted by Crippen LogP contribution is -2.39. The number of rotatable bonds is 2. The third-order valence-corrected chi connectivity index (χ3v) is 1.45. The number of nitrogens with one attached hydrogen (secondary N) is 1. The Morgan fingerprint density at radius 3 is 2.15 bits per heavy atom. The van der Waals surface area contributed by atoms with Crippen LogP contribution in [0.5, 0.6) is 0 Å². The molecule has 0 aliphatic heterocycles. The first kappa shape index (κ1) is 11.9. The summed E-state index contributed by atoms with van der Waals surface area (Å²) in [6.45, 7) is 9.78. The molecule has 2 heteroatoms. The molecule has 74 valence electrons. The van der Waals surface area contributed by atoms with Gasteiger partial charge in [-0.2, -0.15) is 0 Å². The smallest absolute Gasteiger partial charge is 0.244 e. The summed E-state index contributed by atoms with van der Waals surface area (Å²) in [6, 6.07) is 0. The third kappa shape index (κ3) is 7.32. The van der Waals surface area contributed by atoms with E-state index in [4.69, 9.17) is 0 Å². The van der Waals surface area contributed by atoms with Crippen molar-refractivity contribution in [2.75, 3.05) is 0 Å². The zero-order chi connectivity index (χ0) is 10.5. The lowest BCUT2D eigenvalue weighted by Gasteiger charge is -2.18. The maximum atomic E-state index is 11.3. The molecular weight excluding hydrogens is 162 g/mol. The summed E-state index contributed by atoms with van der Waals surface area (Å²) >= 11 is 0. The first-order chi connectivity index (χ1) is 5.85. The van der Waals surface area contributed by atoms with E-state index in [0.717, 1.165) is 5.57 Å². The Morgan fingerprint density at radius 2 is 1.77 bits per heavy atom. The van der Waals surface area contributed by atoms with Crippen LogP contribution in [0.15, 0.2) is 23.8 Å². The Morgan fingerprint density at radius 1 is 1.23 bits per heavy atom.